The highest BCUT2D eigenvalue weighted by atomic mass is 15.3. The fourth-order valence-electron chi connectivity index (χ4n) is 10.7. The van der Waals surface area contributed by atoms with Crippen molar-refractivity contribution in [1.29, 1.82) is 0 Å². The summed E-state index contributed by atoms with van der Waals surface area (Å²) in [6, 6.07) is 50.6. The normalized spacial score (nSPS) is 17.8. The monoisotopic (exact) mass is 823 g/mol. The molecule has 0 radical (unpaired) electrons. The fourth-order valence-corrected chi connectivity index (χ4v) is 10.7. The van der Waals surface area contributed by atoms with Crippen LogP contribution in [0.2, 0.25) is 0 Å². The number of hydrogen-bond donors (Lipinski definition) is 0. The molecule has 5 heterocycles. The highest BCUT2D eigenvalue weighted by Crippen LogP contribution is 2.55. The number of nitrogens with zero attached hydrogens (tertiary/aromatic N) is 5. The maximum absolute atomic E-state index is 5.70. The molecule has 2 atom stereocenters. The quantitative estimate of drug-likeness (QED) is 0.177. The molecule has 0 fully saturated rings. The molecular weight excluding hydrogens is 767 g/mol. The molecule has 63 heavy (non-hydrogen) atoms. The van der Waals surface area contributed by atoms with Crippen LogP contribution in [-0.2, 0) is 22.8 Å². The Morgan fingerprint density at radius 1 is 0.619 bits per heavy atom. The lowest BCUT2D eigenvalue weighted by atomic mass is 9.72. The molecule has 8 aromatic rings. The molecule has 5 nitrogen and oxygen atoms in total. The fraction of sp³-hybridized carbons (Fsp3) is 0.276. The Morgan fingerprint density at radius 3 is 2.10 bits per heavy atom. The second-order valence-electron chi connectivity index (χ2n) is 21.0. The van der Waals surface area contributed by atoms with Gasteiger partial charge in [0.05, 0.1) is 28.5 Å². The van der Waals surface area contributed by atoms with Crippen molar-refractivity contribution >= 4 is 44.7 Å². The lowest BCUT2D eigenvalue weighted by Gasteiger charge is -2.43. The van der Waals surface area contributed by atoms with Crippen LogP contribution in [-0.4, -0.2) is 20.3 Å². The van der Waals surface area contributed by atoms with Crippen molar-refractivity contribution in [3.63, 3.8) is 0 Å². The van der Waals surface area contributed by atoms with Crippen LogP contribution in [0.4, 0.5) is 17.1 Å². The molecule has 0 aliphatic carbocycles. The van der Waals surface area contributed by atoms with Crippen molar-refractivity contribution in [1.82, 2.24) is 14.5 Å². The SMILES string of the molecule is Cc1ccc2c(c1)C(C)(C)c1cc3c4cc(C)ccc4n(-c4cc(C(C)(C)C)ccn4)c3cc1N2c1cc(C2=N[C@H](c3ccccc3)[C@@H]3c4ccccc4CN23)cc(C(C)(C)C)c1. The molecule has 0 amide bonds. The van der Waals surface area contributed by atoms with Gasteiger partial charge in [0.25, 0.3) is 0 Å². The van der Waals surface area contributed by atoms with Crippen molar-refractivity contribution < 1.29 is 0 Å². The summed E-state index contributed by atoms with van der Waals surface area (Å²) in [6.45, 7) is 23.9. The van der Waals surface area contributed by atoms with Crippen molar-refractivity contribution in [3.8, 4) is 5.82 Å². The van der Waals surface area contributed by atoms with Gasteiger partial charge in [0.2, 0.25) is 0 Å². The molecule has 314 valence electrons. The van der Waals surface area contributed by atoms with Crippen LogP contribution in [0, 0.1) is 13.8 Å². The number of pyridine rings is 1. The number of hydrogen-bond acceptors (Lipinski definition) is 4. The maximum Gasteiger partial charge on any atom is 0.137 e. The summed E-state index contributed by atoms with van der Waals surface area (Å²) < 4.78 is 2.40. The second-order valence-corrected chi connectivity index (χ2v) is 21.0. The van der Waals surface area contributed by atoms with Gasteiger partial charge >= 0.3 is 0 Å². The van der Waals surface area contributed by atoms with Gasteiger partial charge in [-0.3, -0.25) is 9.56 Å². The summed E-state index contributed by atoms with van der Waals surface area (Å²) in [6.07, 6.45) is 1.98. The predicted octanol–water partition coefficient (Wildman–Crippen LogP) is 14.6. The molecule has 0 unspecified atom stereocenters. The van der Waals surface area contributed by atoms with Crippen molar-refractivity contribution in [3.05, 3.63) is 195 Å². The van der Waals surface area contributed by atoms with Gasteiger partial charge in [-0.25, -0.2) is 4.98 Å². The Hall–Kier alpha value is -6.46. The Labute approximate surface area is 372 Å². The molecule has 0 saturated carbocycles. The zero-order valence-corrected chi connectivity index (χ0v) is 38.4. The zero-order valence-electron chi connectivity index (χ0n) is 38.4. The first kappa shape index (κ1) is 39.4. The van der Waals surface area contributed by atoms with E-state index in [1.54, 1.807) is 0 Å². The molecule has 3 aliphatic rings. The number of anilines is 3. The number of rotatable bonds is 4. The molecular formula is C58H57N5. The Bertz CT molecular complexity index is 3190. The molecule has 0 bridgehead atoms. The third-order valence-corrected chi connectivity index (χ3v) is 14.2. The molecule has 2 aromatic heterocycles. The summed E-state index contributed by atoms with van der Waals surface area (Å²) in [5.41, 5.74) is 18.3. The number of aryl methyl sites for hydroxylation is 2. The molecule has 11 rings (SSSR count). The minimum absolute atomic E-state index is 0.00367. The van der Waals surface area contributed by atoms with E-state index in [4.69, 9.17) is 9.98 Å². The number of aliphatic imine (C=N–C) groups is 1. The van der Waals surface area contributed by atoms with Crippen LogP contribution in [0.25, 0.3) is 27.6 Å². The van der Waals surface area contributed by atoms with Gasteiger partial charge in [-0.2, -0.15) is 0 Å². The second kappa shape index (κ2) is 13.8. The van der Waals surface area contributed by atoms with Crippen molar-refractivity contribution in [2.75, 3.05) is 4.90 Å². The number of benzene rings is 6. The van der Waals surface area contributed by atoms with E-state index in [1.165, 1.54) is 77.7 Å². The topological polar surface area (TPSA) is 36.7 Å². The summed E-state index contributed by atoms with van der Waals surface area (Å²) in [5, 5.41) is 2.49. The van der Waals surface area contributed by atoms with E-state index in [0.717, 1.165) is 35.0 Å². The minimum Gasteiger partial charge on any atom is -0.342 e. The molecule has 5 heteroatoms. The van der Waals surface area contributed by atoms with Gasteiger partial charge in [-0.1, -0.05) is 139 Å². The Kier molecular flexibility index (Phi) is 8.61. The van der Waals surface area contributed by atoms with E-state index in [-0.39, 0.29) is 28.3 Å². The average molecular weight is 824 g/mol. The van der Waals surface area contributed by atoms with Crippen LogP contribution in [0.3, 0.4) is 0 Å². The average Bonchev–Trinajstić information content (AvgIpc) is 3.92. The number of aromatic nitrogens is 2. The van der Waals surface area contributed by atoms with Crippen molar-refractivity contribution in [2.45, 2.75) is 104 Å². The lowest BCUT2D eigenvalue weighted by Crippen LogP contribution is -2.31. The summed E-state index contributed by atoms with van der Waals surface area (Å²) in [4.78, 5) is 15.9. The Balaban J connectivity index is 1.18. The van der Waals surface area contributed by atoms with E-state index in [1.807, 2.05) is 6.20 Å². The van der Waals surface area contributed by atoms with Gasteiger partial charge in [0.15, 0.2) is 0 Å². The third kappa shape index (κ3) is 6.18. The van der Waals surface area contributed by atoms with Gasteiger partial charge in [0, 0.05) is 40.2 Å². The van der Waals surface area contributed by atoms with Crippen LogP contribution in [0.15, 0.2) is 145 Å². The third-order valence-electron chi connectivity index (χ3n) is 14.2. The number of amidine groups is 1. The first-order valence-electron chi connectivity index (χ1n) is 22.7. The smallest absolute Gasteiger partial charge is 0.137 e. The molecule has 0 N–H and O–H groups in total. The largest absolute Gasteiger partial charge is 0.342 e. The molecule has 0 spiro atoms. The van der Waals surface area contributed by atoms with Crippen molar-refractivity contribution in [2.24, 2.45) is 4.99 Å². The van der Waals surface area contributed by atoms with Gasteiger partial charge in [0.1, 0.15) is 17.7 Å². The predicted molar refractivity (Wildman–Crippen MR) is 263 cm³/mol. The minimum atomic E-state index is -0.276. The molecule has 0 saturated heterocycles. The Morgan fingerprint density at radius 2 is 1.32 bits per heavy atom. The van der Waals surface area contributed by atoms with Crippen LogP contribution in [0.1, 0.15) is 123 Å². The van der Waals surface area contributed by atoms with Crippen LogP contribution >= 0.6 is 0 Å². The standard InChI is InChI=1S/C58H57N5/c1-35-20-22-48-44(26-35)45-32-47-51(33-50(45)63(48)52-31-40(24-25-59-52)56(3,4)5)62(49-23-21-36(2)27-46(49)58(47,9)10)42-29-39(28-41(30-42)57(6,7)8)55-60-53(37-16-12-11-13-17-37)54-43-19-15-14-18-38(43)34-61(54)55/h11-33,53-54H,34H2,1-10H3/t53-,54+/m1/s1. The molecule has 3 aliphatic heterocycles. The van der Waals surface area contributed by atoms with Crippen LogP contribution < -0.4 is 4.90 Å². The van der Waals surface area contributed by atoms with E-state index >= 15 is 0 Å². The van der Waals surface area contributed by atoms with E-state index in [9.17, 15) is 0 Å². The highest BCUT2D eigenvalue weighted by molar-refractivity contribution is 6.12. The van der Waals surface area contributed by atoms with Crippen LogP contribution in [0.5, 0.6) is 0 Å². The summed E-state index contributed by atoms with van der Waals surface area (Å²) in [5.74, 6) is 2.00. The first-order valence-corrected chi connectivity index (χ1v) is 22.7. The van der Waals surface area contributed by atoms with E-state index in [0.29, 0.717) is 0 Å². The van der Waals surface area contributed by atoms with Gasteiger partial charge < -0.3 is 9.80 Å². The van der Waals surface area contributed by atoms with E-state index < -0.39 is 0 Å². The van der Waals surface area contributed by atoms with E-state index in [2.05, 4.69) is 217 Å². The van der Waals surface area contributed by atoms with Gasteiger partial charge in [-0.05, 0) is 124 Å². The zero-order chi connectivity index (χ0) is 43.7. The summed E-state index contributed by atoms with van der Waals surface area (Å²) >= 11 is 0. The van der Waals surface area contributed by atoms with Gasteiger partial charge in [-0.15, -0.1) is 0 Å². The highest BCUT2D eigenvalue weighted by Gasteiger charge is 2.44. The summed E-state index contributed by atoms with van der Waals surface area (Å²) in [7, 11) is 0. The number of fused-ring (bicyclic) bond motifs is 8. The maximum atomic E-state index is 5.70. The molecule has 6 aromatic carbocycles. The first-order chi connectivity index (χ1) is 30.1. The lowest BCUT2D eigenvalue weighted by molar-refractivity contribution is 0.341.